The van der Waals surface area contributed by atoms with Crippen molar-refractivity contribution in [2.75, 3.05) is 30.5 Å². The lowest BCUT2D eigenvalue weighted by molar-refractivity contribution is -0.143. The fourth-order valence-electron chi connectivity index (χ4n) is 3.23. The zero-order valence-electron chi connectivity index (χ0n) is 20.2. The normalized spacial score (nSPS) is 10.5. The molecule has 0 aliphatic carbocycles. The predicted molar refractivity (Wildman–Crippen MR) is 136 cm³/mol. The molecule has 0 saturated heterocycles. The van der Waals surface area contributed by atoms with Crippen LogP contribution in [0.2, 0.25) is 5.02 Å². The number of rotatable bonds is 15. The summed E-state index contributed by atoms with van der Waals surface area (Å²) in [4.78, 5) is 23.3. The van der Waals surface area contributed by atoms with Crippen LogP contribution in [-0.2, 0) is 20.9 Å². The van der Waals surface area contributed by atoms with Gasteiger partial charge in [-0.2, -0.15) is 0 Å². The van der Waals surface area contributed by atoms with Gasteiger partial charge in [0, 0.05) is 24.9 Å². The lowest BCUT2D eigenvalue weighted by Gasteiger charge is -2.17. The van der Waals surface area contributed by atoms with Gasteiger partial charge < -0.3 is 24.8 Å². The number of para-hydroxylation sites is 1. The van der Waals surface area contributed by atoms with Crippen molar-refractivity contribution in [1.29, 1.82) is 0 Å². The van der Waals surface area contributed by atoms with Crippen LogP contribution in [0.5, 0.6) is 11.5 Å². The summed E-state index contributed by atoms with van der Waals surface area (Å²) in [6.45, 7) is 7.18. The Kier molecular flexibility index (Phi) is 12.1. The fourth-order valence-corrected chi connectivity index (χ4v) is 3.47. The van der Waals surface area contributed by atoms with E-state index in [0.717, 1.165) is 30.6 Å². The van der Waals surface area contributed by atoms with Gasteiger partial charge in [-0.15, -0.1) is 0 Å². The molecule has 0 heterocycles. The number of hydrogen-bond donors (Lipinski definition) is 2. The largest absolute Gasteiger partial charge is 0.494 e. The molecule has 7 nitrogen and oxygen atoms in total. The second-order valence-corrected chi connectivity index (χ2v) is 8.19. The van der Waals surface area contributed by atoms with Gasteiger partial charge in [0.25, 0.3) is 0 Å². The maximum Gasteiger partial charge on any atom is 0.305 e. The number of carbonyl (C=O) groups excluding carboxylic acids is 2. The quantitative estimate of drug-likeness (QED) is 0.228. The lowest BCUT2D eigenvalue weighted by atomic mass is 10.2. The zero-order chi connectivity index (χ0) is 24.8. The molecular formula is C26H35ClN2O5. The number of benzene rings is 2. The molecule has 0 aliphatic heterocycles. The third-order valence-corrected chi connectivity index (χ3v) is 5.28. The van der Waals surface area contributed by atoms with Crippen LogP contribution in [-0.4, -0.2) is 31.7 Å². The van der Waals surface area contributed by atoms with Gasteiger partial charge in [0.1, 0.15) is 17.2 Å². The molecule has 8 heteroatoms. The number of carbonyl (C=O) groups is 2. The third-order valence-electron chi connectivity index (χ3n) is 4.93. The van der Waals surface area contributed by atoms with Crippen molar-refractivity contribution in [1.82, 2.24) is 0 Å². The topological polar surface area (TPSA) is 85.9 Å². The number of halogens is 1. The summed E-state index contributed by atoms with van der Waals surface area (Å²) in [6.07, 6.45) is 4.09. The Morgan fingerprint density at radius 3 is 2.50 bits per heavy atom. The van der Waals surface area contributed by atoms with Crippen molar-refractivity contribution in [2.24, 2.45) is 0 Å². The van der Waals surface area contributed by atoms with Crippen molar-refractivity contribution in [3.05, 3.63) is 47.0 Å². The van der Waals surface area contributed by atoms with Gasteiger partial charge in [-0.25, -0.2) is 0 Å². The molecule has 0 aromatic heterocycles. The molecule has 0 fully saturated rings. The van der Waals surface area contributed by atoms with E-state index in [2.05, 4.69) is 17.6 Å². The van der Waals surface area contributed by atoms with Crippen LogP contribution in [0.1, 0.15) is 58.4 Å². The SMILES string of the molecule is CCCCCOc1ccc(CNc2cccc(OCCCC(=O)OCC)c2NC(C)=O)c(Cl)c1. The third kappa shape index (κ3) is 9.51. The summed E-state index contributed by atoms with van der Waals surface area (Å²) < 4.78 is 16.5. The average molecular weight is 491 g/mol. The van der Waals surface area contributed by atoms with Crippen molar-refractivity contribution >= 4 is 34.9 Å². The molecular weight excluding hydrogens is 456 g/mol. The summed E-state index contributed by atoms with van der Waals surface area (Å²) in [6, 6.07) is 11.1. The van der Waals surface area contributed by atoms with E-state index >= 15 is 0 Å². The number of esters is 1. The molecule has 0 atom stereocenters. The maximum absolute atomic E-state index is 11.8. The Balaban J connectivity index is 2.02. The highest BCUT2D eigenvalue weighted by atomic mass is 35.5. The second-order valence-electron chi connectivity index (χ2n) is 7.78. The van der Waals surface area contributed by atoms with E-state index in [4.69, 9.17) is 25.8 Å². The minimum absolute atomic E-state index is 0.215. The Morgan fingerprint density at radius 1 is 1.00 bits per heavy atom. The Hall–Kier alpha value is -2.93. The number of hydrogen-bond acceptors (Lipinski definition) is 6. The van der Waals surface area contributed by atoms with Crippen molar-refractivity contribution in [3.8, 4) is 11.5 Å². The van der Waals surface area contributed by atoms with Gasteiger partial charge in [-0.3, -0.25) is 9.59 Å². The first-order chi connectivity index (χ1) is 16.4. The first kappa shape index (κ1) is 27.3. The van der Waals surface area contributed by atoms with E-state index in [1.807, 2.05) is 30.3 Å². The summed E-state index contributed by atoms with van der Waals surface area (Å²) in [5.74, 6) is 0.805. The molecule has 0 bridgehead atoms. The number of ether oxygens (including phenoxy) is 3. The first-order valence-electron chi connectivity index (χ1n) is 11.8. The van der Waals surface area contributed by atoms with Gasteiger partial charge in [-0.1, -0.05) is 43.5 Å². The lowest BCUT2D eigenvalue weighted by Crippen LogP contribution is -2.12. The molecule has 2 aromatic carbocycles. The smallest absolute Gasteiger partial charge is 0.305 e. The predicted octanol–water partition coefficient (Wildman–Crippen LogP) is 6.20. The summed E-state index contributed by atoms with van der Waals surface area (Å²) in [5.41, 5.74) is 2.14. The van der Waals surface area contributed by atoms with Crippen molar-refractivity contribution < 1.29 is 23.8 Å². The van der Waals surface area contributed by atoms with Gasteiger partial charge in [-0.05, 0) is 49.6 Å². The molecule has 186 valence electrons. The highest BCUT2D eigenvalue weighted by molar-refractivity contribution is 6.31. The molecule has 0 aliphatic rings. The van der Waals surface area contributed by atoms with E-state index in [1.165, 1.54) is 6.92 Å². The summed E-state index contributed by atoms with van der Waals surface area (Å²) in [7, 11) is 0. The van der Waals surface area contributed by atoms with Gasteiger partial charge >= 0.3 is 5.97 Å². The molecule has 0 radical (unpaired) electrons. The van der Waals surface area contributed by atoms with E-state index in [1.54, 1.807) is 13.0 Å². The minimum atomic E-state index is -0.252. The minimum Gasteiger partial charge on any atom is -0.494 e. The summed E-state index contributed by atoms with van der Waals surface area (Å²) in [5, 5.41) is 6.77. The van der Waals surface area contributed by atoms with Crippen LogP contribution in [0.15, 0.2) is 36.4 Å². The molecule has 34 heavy (non-hydrogen) atoms. The second kappa shape index (κ2) is 15.1. The number of nitrogens with one attached hydrogen (secondary N) is 2. The van der Waals surface area contributed by atoms with Crippen molar-refractivity contribution in [3.63, 3.8) is 0 Å². The molecule has 2 rings (SSSR count). The molecule has 2 N–H and O–H groups in total. The van der Waals surface area contributed by atoms with Gasteiger partial charge in [0.2, 0.25) is 5.91 Å². The standard InChI is InChI=1S/C26H35ClN2O5/c1-4-6-7-15-33-21-14-13-20(22(27)17-21)18-28-23-10-8-11-24(26(23)29-19(3)30)34-16-9-12-25(31)32-5-2/h8,10-11,13-14,17,28H,4-7,9,12,15-16,18H2,1-3H3,(H,29,30). The Labute approximate surface area is 207 Å². The van der Waals surface area contributed by atoms with E-state index < -0.39 is 0 Å². The van der Waals surface area contributed by atoms with Gasteiger partial charge in [0.05, 0.1) is 25.5 Å². The fraction of sp³-hybridized carbons (Fsp3) is 0.462. The van der Waals surface area contributed by atoms with Crippen LogP contribution in [0, 0.1) is 0 Å². The average Bonchev–Trinajstić information content (AvgIpc) is 2.80. The zero-order valence-corrected chi connectivity index (χ0v) is 21.0. The van der Waals surface area contributed by atoms with Crippen LogP contribution < -0.4 is 20.1 Å². The number of amides is 1. The molecule has 2 aromatic rings. The monoisotopic (exact) mass is 490 g/mol. The van der Waals surface area contributed by atoms with Crippen LogP contribution >= 0.6 is 11.6 Å². The number of anilines is 2. The Bertz CT molecular complexity index is 935. The molecule has 0 saturated carbocycles. The molecule has 1 amide bonds. The van der Waals surface area contributed by atoms with Gasteiger partial charge in [0.15, 0.2) is 0 Å². The summed E-state index contributed by atoms with van der Waals surface area (Å²) >= 11 is 6.47. The van der Waals surface area contributed by atoms with Crippen molar-refractivity contribution in [2.45, 2.75) is 59.4 Å². The van der Waals surface area contributed by atoms with Crippen LogP contribution in [0.3, 0.4) is 0 Å². The highest BCUT2D eigenvalue weighted by Crippen LogP contribution is 2.34. The number of unbranched alkanes of at least 4 members (excludes halogenated alkanes) is 2. The van der Waals surface area contributed by atoms with E-state index in [-0.39, 0.29) is 18.3 Å². The van der Waals surface area contributed by atoms with Crippen LogP contribution in [0.25, 0.3) is 0 Å². The highest BCUT2D eigenvalue weighted by Gasteiger charge is 2.13. The van der Waals surface area contributed by atoms with E-state index in [0.29, 0.717) is 54.9 Å². The Morgan fingerprint density at radius 2 is 1.79 bits per heavy atom. The molecule has 0 spiro atoms. The first-order valence-corrected chi connectivity index (χ1v) is 12.2. The van der Waals surface area contributed by atoms with E-state index in [9.17, 15) is 9.59 Å². The maximum atomic E-state index is 11.8. The van der Waals surface area contributed by atoms with Crippen LogP contribution in [0.4, 0.5) is 11.4 Å². The molecule has 0 unspecified atom stereocenters.